The molecule has 3 rings (SSSR count). The summed E-state index contributed by atoms with van der Waals surface area (Å²) in [6, 6.07) is 14.4. The van der Waals surface area contributed by atoms with E-state index in [-0.39, 0.29) is 12.6 Å². The van der Waals surface area contributed by atoms with Gasteiger partial charge in [0.2, 0.25) is 0 Å². The van der Waals surface area contributed by atoms with Crippen molar-refractivity contribution in [2.75, 3.05) is 13.2 Å². The number of rotatable bonds is 7. The third-order valence-corrected chi connectivity index (χ3v) is 3.74. The van der Waals surface area contributed by atoms with E-state index in [0.29, 0.717) is 24.5 Å². The molecule has 0 bridgehead atoms. The van der Waals surface area contributed by atoms with Crippen LogP contribution in [0.2, 0.25) is 0 Å². The third-order valence-electron chi connectivity index (χ3n) is 3.74. The number of aliphatic hydroxyl groups excluding tert-OH is 1. The van der Waals surface area contributed by atoms with E-state index in [9.17, 15) is 9.90 Å². The van der Waals surface area contributed by atoms with Crippen molar-refractivity contribution in [2.24, 2.45) is 0 Å². The van der Waals surface area contributed by atoms with Gasteiger partial charge in [-0.3, -0.25) is 0 Å². The fourth-order valence-corrected chi connectivity index (χ4v) is 2.53. The van der Waals surface area contributed by atoms with Crippen LogP contribution in [-0.4, -0.2) is 39.9 Å². The number of aromatic nitrogens is 2. The first-order chi connectivity index (χ1) is 12.2. The van der Waals surface area contributed by atoms with Crippen LogP contribution in [0.5, 0.6) is 5.75 Å². The van der Waals surface area contributed by atoms with Gasteiger partial charge < -0.3 is 19.1 Å². The Kier molecular flexibility index (Phi) is 5.30. The number of carbonyl (C=O) groups is 1. The van der Waals surface area contributed by atoms with E-state index in [0.717, 1.165) is 11.0 Å². The molecule has 6 heteroatoms. The number of imidazole rings is 1. The number of aliphatic hydroxyl groups is 1. The second-order valence-electron chi connectivity index (χ2n) is 5.60. The molecule has 0 spiro atoms. The van der Waals surface area contributed by atoms with Gasteiger partial charge in [0.15, 0.2) is 0 Å². The van der Waals surface area contributed by atoms with Crippen molar-refractivity contribution >= 4 is 17.0 Å². The first kappa shape index (κ1) is 17.0. The molecular formula is C19H20N2O4. The minimum absolute atomic E-state index is 0.144. The molecule has 0 amide bonds. The monoisotopic (exact) mass is 340 g/mol. The summed E-state index contributed by atoms with van der Waals surface area (Å²) in [4.78, 5) is 15.9. The van der Waals surface area contributed by atoms with Crippen LogP contribution in [0.1, 0.15) is 17.3 Å². The van der Waals surface area contributed by atoms with Crippen LogP contribution in [0.25, 0.3) is 11.0 Å². The summed E-state index contributed by atoms with van der Waals surface area (Å²) in [5.41, 5.74) is 2.34. The smallest absolute Gasteiger partial charge is 0.338 e. The maximum atomic E-state index is 11.6. The number of nitrogens with zero attached hydrogens (tertiary/aromatic N) is 2. The average Bonchev–Trinajstić information content (AvgIpc) is 3.04. The summed E-state index contributed by atoms with van der Waals surface area (Å²) < 4.78 is 12.4. The average molecular weight is 340 g/mol. The van der Waals surface area contributed by atoms with Crippen molar-refractivity contribution < 1.29 is 19.4 Å². The topological polar surface area (TPSA) is 73.6 Å². The number of hydrogen-bond acceptors (Lipinski definition) is 5. The number of benzene rings is 2. The third kappa shape index (κ3) is 4.16. The molecule has 1 atom stereocenters. The van der Waals surface area contributed by atoms with Crippen molar-refractivity contribution in [3.8, 4) is 5.75 Å². The number of para-hydroxylation sites is 2. The molecule has 0 radical (unpaired) electrons. The van der Waals surface area contributed by atoms with Crippen LogP contribution < -0.4 is 4.74 Å². The molecule has 2 aromatic carbocycles. The van der Waals surface area contributed by atoms with Gasteiger partial charge in [0, 0.05) is 0 Å². The van der Waals surface area contributed by atoms with E-state index in [2.05, 4.69) is 4.98 Å². The van der Waals surface area contributed by atoms with Gasteiger partial charge >= 0.3 is 5.97 Å². The Morgan fingerprint density at radius 3 is 2.72 bits per heavy atom. The van der Waals surface area contributed by atoms with E-state index in [1.165, 1.54) is 0 Å². The Labute approximate surface area is 145 Å². The van der Waals surface area contributed by atoms with Gasteiger partial charge in [-0.1, -0.05) is 12.1 Å². The Bertz CT molecular complexity index is 842. The Morgan fingerprint density at radius 1 is 1.20 bits per heavy atom. The van der Waals surface area contributed by atoms with Gasteiger partial charge in [-0.15, -0.1) is 0 Å². The fraction of sp³-hybridized carbons (Fsp3) is 0.263. The standard InChI is InChI=1S/C19H20N2O4/c1-2-24-19(23)14-7-9-16(10-8-14)25-12-15(22)11-21-13-20-17-5-3-4-6-18(17)21/h3-10,13,15,22H,2,11-12H2,1H3. The van der Waals surface area contributed by atoms with Crippen molar-refractivity contribution in [2.45, 2.75) is 19.6 Å². The highest BCUT2D eigenvalue weighted by molar-refractivity contribution is 5.89. The molecule has 0 saturated carbocycles. The van der Waals surface area contributed by atoms with Crippen LogP contribution >= 0.6 is 0 Å². The van der Waals surface area contributed by atoms with Gasteiger partial charge in [0.1, 0.15) is 18.5 Å². The molecule has 130 valence electrons. The lowest BCUT2D eigenvalue weighted by Crippen LogP contribution is -2.23. The van der Waals surface area contributed by atoms with Crippen LogP contribution in [-0.2, 0) is 11.3 Å². The predicted octanol–water partition coefficient (Wildman–Crippen LogP) is 2.65. The van der Waals surface area contributed by atoms with Gasteiger partial charge in [-0.05, 0) is 43.3 Å². The van der Waals surface area contributed by atoms with E-state index >= 15 is 0 Å². The molecule has 1 N–H and O–H groups in total. The van der Waals surface area contributed by atoms with Crippen molar-refractivity contribution in [1.82, 2.24) is 9.55 Å². The summed E-state index contributed by atoms with van der Waals surface area (Å²) in [5, 5.41) is 10.2. The van der Waals surface area contributed by atoms with Crippen molar-refractivity contribution in [3.63, 3.8) is 0 Å². The lowest BCUT2D eigenvalue weighted by atomic mass is 10.2. The van der Waals surface area contributed by atoms with Crippen molar-refractivity contribution in [3.05, 3.63) is 60.4 Å². The summed E-state index contributed by atoms with van der Waals surface area (Å²) in [6.45, 7) is 2.64. The largest absolute Gasteiger partial charge is 0.491 e. The number of esters is 1. The lowest BCUT2D eigenvalue weighted by molar-refractivity contribution is 0.0526. The molecule has 0 aliphatic carbocycles. The molecule has 3 aromatic rings. The Balaban J connectivity index is 1.55. The zero-order chi connectivity index (χ0) is 17.6. The normalized spacial score (nSPS) is 12.1. The minimum Gasteiger partial charge on any atom is -0.491 e. The number of ether oxygens (including phenoxy) is 2. The van der Waals surface area contributed by atoms with Crippen LogP contribution in [0, 0.1) is 0 Å². The van der Waals surface area contributed by atoms with Crippen LogP contribution in [0.3, 0.4) is 0 Å². The Morgan fingerprint density at radius 2 is 1.96 bits per heavy atom. The molecule has 0 fully saturated rings. The fourth-order valence-electron chi connectivity index (χ4n) is 2.53. The number of carbonyl (C=O) groups excluding carboxylic acids is 1. The minimum atomic E-state index is -0.678. The highest BCUT2D eigenvalue weighted by Crippen LogP contribution is 2.15. The highest BCUT2D eigenvalue weighted by Gasteiger charge is 2.10. The van der Waals surface area contributed by atoms with Gasteiger partial charge in [0.25, 0.3) is 0 Å². The number of fused-ring (bicyclic) bond motifs is 1. The molecule has 0 saturated heterocycles. The molecule has 25 heavy (non-hydrogen) atoms. The Hall–Kier alpha value is -2.86. The van der Waals surface area contributed by atoms with E-state index in [1.54, 1.807) is 37.5 Å². The van der Waals surface area contributed by atoms with E-state index < -0.39 is 6.10 Å². The maximum absolute atomic E-state index is 11.6. The first-order valence-corrected chi connectivity index (χ1v) is 8.15. The van der Waals surface area contributed by atoms with Crippen LogP contribution in [0.15, 0.2) is 54.9 Å². The highest BCUT2D eigenvalue weighted by atomic mass is 16.5. The summed E-state index contributed by atoms with van der Waals surface area (Å²) >= 11 is 0. The maximum Gasteiger partial charge on any atom is 0.338 e. The molecule has 1 unspecified atom stereocenters. The summed E-state index contributed by atoms with van der Waals surface area (Å²) in [6.07, 6.45) is 1.03. The van der Waals surface area contributed by atoms with E-state index in [1.807, 2.05) is 28.8 Å². The second kappa shape index (κ2) is 7.81. The van der Waals surface area contributed by atoms with Gasteiger partial charge in [-0.2, -0.15) is 0 Å². The SMILES string of the molecule is CCOC(=O)c1ccc(OCC(O)Cn2cnc3ccccc32)cc1. The van der Waals surface area contributed by atoms with E-state index in [4.69, 9.17) is 9.47 Å². The van der Waals surface area contributed by atoms with Crippen LogP contribution in [0.4, 0.5) is 0 Å². The zero-order valence-electron chi connectivity index (χ0n) is 14.0. The lowest BCUT2D eigenvalue weighted by Gasteiger charge is -2.14. The molecule has 0 aliphatic rings. The molecule has 0 aliphatic heterocycles. The molecule has 1 aromatic heterocycles. The summed E-state index contributed by atoms with van der Waals surface area (Å²) in [7, 11) is 0. The summed E-state index contributed by atoms with van der Waals surface area (Å²) in [5.74, 6) is 0.226. The van der Waals surface area contributed by atoms with Crippen molar-refractivity contribution in [1.29, 1.82) is 0 Å². The predicted molar refractivity (Wildman–Crippen MR) is 93.6 cm³/mol. The second-order valence-corrected chi connectivity index (χ2v) is 5.60. The van der Waals surface area contributed by atoms with Gasteiger partial charge in [0.05, 0.1) is 36.1 Å². The molecule has 6 nitrogen and oxygen atoms in total. The number of hydrogen-bond donors (Lipinski definition) is 1. The zero-order valence-corrected chi connectivity index (χ0v) is 14.0. The molecule has 1 heterocycles. The molecular weight excluding hydrogens is 320 g/mol. The first-order valence-electron chi connectivity index (χ1n) is 8.15. The van der Waals surface area contributed by atoms with Gasteiger partial charge in [-0.25, -0.2) is 9.78 Å². The quantitative estimate of drug-likeness (QED) is 0.669.